The zero-order chi connectivity index (χ0) is 55.7. The summed E-state index contributed by atoms with van der Waals surface area (Å²) in [6.07, 6.45) is 89.5. The van der Waals surface area contributed by atoms with Crippen LogP contribution in [0.25, 0.3) is 0 Å². The minimum Gasteiger partial charge on any atom is -0.462 e. The average molecular weight is 1070 g/mol. The molecule has 0 aliphatic carbocycles. The molecule has 0 heterocycles. The Bertz CT molecular complexity index is 1600. The summed E-state index contributed by atoms with van der Waals surface area (Å²) < 4.78 is 16.8. The maximum atomic E-state index is 12.8. The normalized spacial score (nSPS) is 12.9. The van der Waals surface area contributed by atoms with Crippen molar-refractivity contribution in [3.8, 4) is 0 Å². The van der Waals surface area contributed by atoms with Crippen molar-refractivity contribution < 1.29 is 28.6 Å². The van der Waals surface area contributed by atoms with Gasteiger partial charge in [-0.2, -0.15) is 0 Å². The molecule has 0 radical (unpaired) electrons. The van der Waals surface area contributed by atoms with Gasteiger partial charge in [0.1, 0.15) is 13.2 Å². The first-order chi connectivity index (χ1) is 38.0. The van der Waals surface area contributed by atoms with E-state index in [0.29, 0.717) is 19.3 Å². The highest BCUT2D eigenvalue weighted by Crippen LogP contribution is 2.16. The molecule has 0 bridgehead atoms. The number of ether oxygens (including phenoxy) is 3. The van der Waals surface area contributed by atoms with Crippen LogP contribution in [0.15, 0.2) is 122 Å². The standard InChI is InChI=1S/C71H118O6/c1-4-7-10-13-16-19-22-24-26-27-28-29-30-31-32-33-34-35-36-37-38-39-40-41-42-43-45-46-49-52-55-58-61-64-70(73)76-67-68(66-75-69(72)63-60-57-54-51-48-21-18-15-12-9-6-3)77-71(74)65-62-59-56-53-50-47-44-25-23-20-17-14-11-8-5-2/h7-8,10-11,15-20,24-26,28-29,31-32,44,50,53,68H,4-6,9,12-14,21-23,27,30,33-43,45-49,51-52,54-67H2,1-3H3/b10-7-,11-8-,18-15-,19-16-,20-17-,26-24-,29-28-,32-31-,44-25-,53-50-. The lowest BCUT2D eigenvalue weighted by molar-refractivity contribution is -0.167. The molecule has 0 aromatic carbocycles. The first-order valence-corrected chi connectivity index (χ1v) is 32.0. The molecule has 0 saturated carbocycles. The largest absolute Gasteiger partial charge is 0.462 e. The molecule has 0 aliphatic rings. The van der Waals surface area contributed by atoms with E-state index < -0.39 is 6.10 Å². The van der Waals surface area contributed by atoms with Gasteiger partial charge in [-0.15, -0.1) is 0 Å². The fourth-order valence-corrected chi connectivity index (χ4v) is 8.68. The lowest BCUT2D eigenvalue weighted by atomic mass is 10.0. The van der Waals surface area contributed by atoms with Crippen molar-refractivity contribution in [3.05, 3.63) is 122 Å². The summed E-state index contributed by atoms with van der Waals surface area (Å²) in [6, 6.07) is 0. The van der Waals surface area contributed by atoms with Gasteiger partial charge in [0.25, 0.3) is 0 Å². The topological polar surface area (TPSA) is 78.9 Å². The van der Waals surface area contributed by atoms with Gasteiger partial charge in [0.2, 0.25) is 0 Å². The van der Waals surface area contributed by atoms with E-state index in [1.54, 1.807) is 0 Å². The van der Waals surface area contributed by atoms with E-state index in [1.165, 1.54) is 122 Å². The molecule has 0 aromatic rings. The Hall–Kier alpha value is -4.19. The van der Waals surface area contributed by atoms with Crippen LogP contribution in [0.1, 0.15) is 290 Å². The van der Waals surface area contributed by atoms with Crippen LogP contribution >= 0.6 is 0 Å². The lowest BCUT2D eigenvalue weighted by Crippen LogP contribution is -2.30. The highest BCUT2D eigenvalue weighted by Gasteiger charge is 2.19. The molecule has 6 nitrogen and oxygen atoms in total. The Morgan fingerprint density at radius 1 is 0.273 bits per heavy atom. The summed E-state index contributed by atoms with van der Waals surface area (Å²) in [5.74, 6) is -0.945. The van der Waals surface area contributed by atoms with Crippen molar-refractivity contribution in [2.45, 2.75) is 297 Å². The van der Waals surface area contributed by atoms with Crippen molar-refractivity contribution in [3.63, 3.8) is 0 Å². The molecule has 0 fully saturated rings. The Labute approximate surface area is 475 Å². The maximum Gasteiger partial charge on any atom is 0.306 e. The Morgan fingerprint density at radius 2 is 0.506 bits per heavy atom. The summed E-state index contributed by atoms with van der Waals surface area (Å²) in [5, 5.41) is 0. The van der Waals surface area contributed by atoms with E-state index in [2.05, 4.69) is 142 Å². The van der Waals surface area contributed by atoms with Gasteiger partial charge >= 0.3 is 17.9 Å². The van der Waals surface area contributed by atoms with Crippen LogP contribution in [0, 0.1) is 0 Å². The number of carbonyl (C=O) groups excluding carboxylic acids is 3. The number of hydrogen-bond acceptors (Lipinski definition) is 6. The molecular formula is C71H118O6. The van der Waals surface area contributed by atoms with Crippen LogP contribution in [0.2, 0.25) is 0 Å². The molecule has 438 valence electrons. The van der Waals surface area contributed by atoms with Gasteiger partial charge in [0, 0.05) is 19.3 Å². The molecule has 0 aliphatic heterocycles. The van der Waals surface area contributed by atoms with Crippen molar-refractivity contribution in [2.24, 2.45) is 0 Å². The van der Waals surface area contributed by atoms with Crippen molar-refractivity contribution in [1.29, 1.82) is 0 Å². The van der Waals surface area contributed by atoms with E-state index >= 15 is 0 Å². The lowest BCUT2D eigenvalue weighted by Gasteiger charge is -2.18. The van der Waals surface area contributed by atoms with Crippen molar-refractivity contribution >= 4 is 17.9 Å². The minimum absolute atomic E-state index is 0.0971. The molecule has 1 atom stereocenters. The summed E-state index contributed by atoms with van der Waals surface area (Å²) >= 11 is 0. The molecule has 0 saturated heterocycles. The number of hydrogen-bond donors (Lipinski definition) is 0. The second kappa shape index (κ2) is 64.3. The van der Waals surface area contributed by atoms with Crippen LogP contribution in [-0.4, -0.2) is 37.2 Å². The predicted octanol–water partition coefficient (Wildman–Crippen LogP) is 22.0. The molecule has 0 amide bonds. The third-order valence-electron chi connectivity index (χ3n) is 13.4. The van der Waals surface area contributed by atoms with Gasteiger partial charge in [0.15, 0.2) is 6.10 Å². The molecule has 77 heavy (non-hydrogen) atoms. The summed E-state index contributed by atoms with van der Waals surface area (Å²) in [5.41, 5.74) is 0. The number of esters is 3. The van der Waals surface area contributed by atoms with E-state index in [0.717, 1.165) is 122 Å². The van der Waals surface area contributed by atoms with Crippen molar-refractivity contribution in [2.75, 3.05) is 13.2 Å². The summed E-state index contributed by atoms with van der Waals surface area (Å²) in [7, 11) is 0. The van der Waals surface area contributed by atoms with E-state index in [4.69, 9.17) is 14.2 Å². The monoisotopic (exact) mass is 1070 g/mol. The molecule has 0 N–H and O–H groups in total. The molecule has 0 rings (SSSR count). The third kappa shape index (κ3) is 62.5. The molecule has 1 unspecified atom stereocenters. The van der Waals surface area contributed by atoms with Gasteiger partial charge in [-0.1, -0.05) is 271 Å². The van der Waals surface area contributed by atoms with E-state index in [9.17, 15) is 14.4 Å². The van der Waals surface area contributed by atoms with Crippen molar-refractivity contribution in [1.82, 2.24) is 0 Å². The predicted molar refractivity (Wildman–Crippen MR) is 334 cm³/mol. The Balaban J connectivity index is 4.16. The smallest absolute Gasteiger partial charge is 0.306 e. The Kier molecular flexibility index (Phi) is 60.8. The zero-order valence-electron chi connectivity index (χ0n) is 50.2. The quantitative estimate of drug-likeness (QED) is 0.0261. The molecule has 6 heteroatoms. The number of carbonyl (C=O) groups is 3. The van der Waals surface area contributed by atoms with E-state index in [-0.39, 0.29) is 37.5 Å². The number of rotatable bonds is 57. The second-order valence-corrected chi connectivity index (χ2v) is 20.9. The third-order valence-corrected chi connectivity index (χ3v) is 13.4. The molecule has 0 spiro atoms. The van der Waals surface area contributed by atoms with Gasteiger partial charge in [-0.25, -0.2) is 0 Å². The SMILES string of the molecule is CC/C=C\C/C=C\C/C=C\C/C=C\C/C=C\CCCCCCCCCCCCCCCCCCCC(=O)OCC(COC(=O)CCCCCCC/C=C\CCCC)OC(=O)CCCC/C=C\C/C=C\C/C=C\C/C=C\CC. The minimum atomic E-state index is -0.804. The first kappa shape index (κ1) is 72.8. The van der Waals surface area contributed by atoms with Crippen LogP contribution in [-0.2, 0) is 28.6 Å². The van der Waals surface area contributed by atoms with Crippen LogP contribution in [0.5, 0.6) is 0 Å². The van der Waals surface area contributed by atoms with Gasteiger partial charge in [-0.3, -0.25) is 14.4 Å². The number of unbranched alkanes of at least 4 members (excludes halogenated alkanes) is 26. The highest BCUT2D eigenvalue weighted by atomic mass is 16.6. The molecule has 0 aromatic heterocycles. The highest BCUT2D eigenvalue weighted by molar-refractivity contribution is 5.71. The van der Waals surface area contributed by atoms with Gasteiger partial charge in [-0.05, 0) is 122 Å². The van der Waals surface area contributed by atoms with Crippen LogP contribution in [0.4, 0.5) is 0 Å². The molecular weight excluding hydrogens is 949 g/mol. The average Bonchev–Trinajstić information content (AvgIpc) is 3.43. The summed E-state index contributed by atoms with van der Waals surface area (Å²) in [6.45, 7) is 6.34. The van der Waals surface area contributed by atoms with Gasteiger partial charge < -0.3 is 14.2 Å². The Morgan fingerprint density at radius 3 is 0.831 bits per heavy atom. The van der Waals surface area contributed by atoms with Gasteiger partial charge in [0.05, 0.1) is 0 Å². The van der Waals surface area contributed by atoms with E-state index in [1.807, 2.05) is 0 Å². The van der Waals surface area contributed by atoms with Crippen LogP contribution in [0.3, 0.4) is 0 Å². The zero-order valence-corrected chi connectivity index (χ0v) is 50.2. The number of allylic oxidation sites excluding steroid dienone is 20. The second-order valence-electron chi connectivity index (χ2n) is 20.9. The fourth-order valence-electron chi connectivity index (χ4n) is 8.68. The van der Waals surface area contributed by atoms with Crippen LogP contribution < -0.4 is 0 Å². The summed E-state index contributed by atoms with van der Waals surface area (Å²) in [4.78, 5) is 38.2. The first-order valence-electron chi connectivity index (χ1n) is 32.0. The fraction of sp³-hybridized carbons (Fsp3) is 0.676. The maximum absolute atomic E-state index is 12.8.